The molecule has 2 aromatic heterocycles. The van der Waals surface area contributed by atoms with E-state index in [0.29, 0.717) is 0 Å². The molecule has 0 bridgehead atoms. The Kier molecular flexibility index (Phi) is 2.56. The van der Waals surface area contributed by atoms with E-state index in [-0.39, 0.29) is 0 Å². The van der Waals surface area contributed by atoms with Crippen molar-refractivity contribution in [1.29, 1.82) is 0 Å². The Morgan fingerprint density at radius 2 is 2.23 bits per heavy atom. The van der Waals surface area contributed by atoms with Crippen LogP contribution in [0.2, 0.25) is 11.4 Å². The van der Waals surface area contributed by atoms with Crippen molar-refractivity contribution in [2.75, 3.05) is 0 Å². The van der Waals surface area contributed by atoms with Crippen LogP contribution >= 0.6 is 10.0 Å². The number of fused-ring (bicyclic) bond motifs is 1. The Labute approximate surface area is 83.8 Å². The van der Waals surface area contributed by atoms with Gasteiger partial charge in [-0.2, -0.15) is 0 Å². The summed E-state index contributed by atoms with van der Waals surface area (Å²) in [7, 11) is 1.79. The molecular weight excluding hydrogens is 247 g/mol. The number of hydrogen-bond acceptors (Lipinski definition) is 4. The second-order valence-electron chi connectivity index (χ2n) is 2.70. The Hall–Kier alpha value is -0.542. The van der Waals surface area contributed by atoms with E-state index in [0.717, 1.165) is 16.3 Å². The average molecular weight is 256 g/mol. The van der Waals surface area contributed by atoms with Gasteiger partial charge < -0.3 is 0 Å². The molecule has 2 aromatic rings. The summed E-state index contributed by atoms with van der Waals surface area (Å²) in [5.41, 5.74) is 6.18. The third-order valence-corrected chi connectivity index (χ3v) is 5.47. The SMILES string of the molecule is C[As](C)Sc1ncc2[nH]cnc2n1. The predicted molar refractivity (Wildman–Crippen MR) is 55.0 cm³/mol. The molecule has 0 saturated heterocycles. The van der Waals surface area contributed by atoms with Crippen molar-refractivity contribution in [1.82, 2.24) is 19.9 Å². The monoisotopic (exact) mass is 256 g/mol. The summed E-state index contributed by atoms with van der Waals surface area (Å²) < 4.78 is 0. The quantitative estimate of drug-likeness (QED) is 0.656. The molecule has 0 fully saturated rings. The van der Waals surface area contributed by atoms with Gasteiger partial charge in [-0.15, -0.1) is 0 Å². The first kappa shape index (κ1) is 9.03. The molecule has 0 aromatic carbocycles. The van der Waals surface area contributed by atoms with Gasteiger partial charge >= 0.3 is 83.7 Å². The molecule has 0 aliphatic heterocycles. The molecule has 0 atom stereocenters. The minimum atomic E-state index is -0.765. The van der Waals surface area contributed by atoms with Crippen molar-refractivity contribution in [3.8, 4) is 0 Å². The van der Waals surface area contributed by atoms with Crippen molar-refractivity contribution in [2.45, 2.75) is 16.6 Å². The molecule has 0 spiro atoms. The van der Waals surface area contributed by atoms with E-state index in [1.807, 2.05) is 0 Å². The maximum atomic E-state index is 4.32. The number of aromatic amines is 1. The Morgan fingerprint density at radius 1 is 1.38 bits per heavy atom. The zero-order chi connectivity index (χ0) is 9.26. The Bertz CT molecular complexity index is 414. The molecule has 2 heterocycles. The fourth-order valence-electron chi connectivity index (χ4n) is 0.928. The molecule has 4 nitrogen and oxygen atoms in total. The second-order valence-corrected chi connectivity index (χ2v) is 11.6. The van der Waals surface area contributed by atoms with E-state index < -0.39 is 13.5 Å². The summed E-state index contributed by atoms with van der Waals surface area (Å²) in [4.78, 5) is 15.6. The van der Waals surface area contributed by atoms with Crippen LogP contribution in [0.15, 0.2) is 17.7 Å². The van der Waals surface area contributed by atoms with Crippen LogP contribution < -0.4 is 0 Å². The normalized spacial score (nSPS) is 11.3. The summed E-state index contributed by atoms with van der Waals surface area (Å²) in [6.07, 6.45) is 3.43. The van der Waals surface area contributed by atoms with Crippen LogP contribution in [-0.2, 0) is 0 Å². The van der Waals surface area contributed by atoms with E-state index in [1.54, 1.807) is 22.5 Å². The molecule has 0 aliphatic rings. The van der Waals surface area contributed by atoms with Crippen LogP contribution in [0.25, 0.3) is 11.2 Å². The van der Waals surface area contributed by atoms with Crippen LogP contribution in [0.4, 0.5) is 0 Å². The second kappa shape index (κ2) is 3.68. The molecule has 0 unspecified atom stereocenters. The van der Waals surface area contributed by atoms with Crippen LogP contribution in [0, 0.1) is 0 Å². The standard InChI is InChI=1S/C7H9AsN4S/c1-8(2)13-7-9-3-5-6(12-7)11-4-10-5/h3-4H,1-2H3,(H,9,10,11,12). The molecule has 0 amide bonds. The first-order valence-electron chi connectivity index (χ1n) is 3.77. The number of aromatic nitrogens is 4. The van der Waals surface area contributed by atoms with Gasteiger partial charge in [0.15, 0.2) is 0 Å². The van der Waals surface area contributed by atoms with Gasteiger partial charge in [0.05, 0.1) is 0 Å². The van der Waals surface area contributed by atoms with E-state index in [4.69, 9.17) is 0 Å². The summed E-state index contributed by atoms with van der Waals surface area (Å²) in [5, 5.41) is 0.851. The van der Waals surface area contributed by atoms with E-state index >= 15 is 0 Å². The third-order valence-electron chi connectivity index (χ3n) is 1.42. The minimum absolute atomic E-state index is 0.758. The van der Waals surface area contributed by atoms with Crippen molar-refractivity contribution in [2.24, 2.45) is 0 Å². The average Bonchev–Trinajstić information content (AvgIpc) is 2.49. The van der Waals surface area contributed by atoms with Gasteiger partial charge in [-0.3, -0.25) is 0 Å². The van der Waals surface area contributed by atoms with Crippen molar-refractivity contribution < 1.29 is 0 Å². The van der Waals surface area contributed by atoms with Gasteiger partial charge in [0.2, 0.25) is 0 Å². The fourth-order valence-corrected chi connectivity index (χ4v) is 4.09. The Balaban J connectivity index is 2.37. The predicted octanol–water partition coefficient (Wildman–Crippen LogP) is 1.70. The maximum absolute atomic E-state index is 4.32. The van der Waals surface area contributed by atoms with Crippen LogP contribution in [0.5, 0.6) is 0 Å². The summed E-state index contributed by atoms with van der Waals surface area (Å²) >= 11 is -0.765. The number of imidazole rings is 1. The van der Waals surface area contributed by atoms with Crippen molar-refractivity contribution >= 4 is 34.7 Å². The molecule has 68 valence electrons. The zero-order valence-corrected chi connectivity index (χ0v) is 10.0. The molecular formula is C7H9AsN4S. The van der Waals surface area contributed by atoms with Gasteiger partial charge in [-0.25, -0.2) is 0 Å². The van der Waals surface area contributed by atoms with Gasteiger partial charge in [0.25, 0.3) is 0 Å². The van der Waals surface area contributed by atoms with Crippen LogP contribution in [0.3, 0.4) is 0 Å². The van der Waals surface area contributed by atoms with Gasteiger partial charge in [-0.1, -0.05) is 0 Å². The third kappa shape index (κ3) is 2.03. The van der Waals surface area contributed by atoms with Crippen molar-refractivity contribution in [3.63, 3.8) is 0 Å². The number of hydrogen-bond donors (Lipinski definition) is 1. The Morgan fingerprint density at radius 3 is 3.00 bits per heavy atom. The number of H-pyrrole nitrogens is 1. The number of rotatable bonds is 2. The molecule has 0 aliphatic carbocycles. The molecule has 0 saturated carbocycles. The summed E-state index contributed by atoms with van der Waals surface area (Å²) in [5.74, 6) is 0. The number of nitrogens with zero attached hydrogens (tertiary/aromatic N) is 3. The summed E-state index contributed by atoms with van der Waals surface area (Å²) in [6, 6.07) is 0. The van der Waals surface area contributed by atoms with Crippen LogP contribution in [0.1, 0.15) is 0 Å². The number of nitrogens with one attached hydrogen (secondary N) is 1. The topological polar surface area (TPSA) is 54.5 Å². The van der Waals surface area contributed by atoms with E-state index in [9.17, 15) is 0 Å². The van der Waals surface area contributed by atoms with Gasteiger partial charge in [-0.05, 0) is 0 Å². The summed E-state index contributed by atoms with van der Waals surface area (Å²) in [6.45, 7) is 0. The molecule has 13 heavy (non-hydrogen) atoms. The zero-order valence-electron chi connectivity index (χ0n) is 7.35. The van der Waals surface area contributed by atoms with Crippen molar-refractivity contribution in [3.05, 3.63) is 12.5 Å². The van der Waals surface area contributed by atoms with Crippen LogP contribution in [-0.4, -0.2) is 33.4 Å². The molecule has 6 heteroatoms. The molecule has 2 rings (SSSR count). The van der Waals surface area contributed by atoms with Gasteiger partial charge in [0, 0.05) is 0 Å². The molecule has 1 N–H and O–H groups in total. The first-order valence-corrected chi connectivity index (χ1v) is 10.6. The first-order chi connectivity index (χ1) is 6.25. The van der Waals surface area contributed by atoms with E-state index in [2.05, 4.69) is 31.4 Å². The molecule has 0 radical (unpaired) electrons. The van der Waals surface area contributed by atoms with E-state index in [1.165, 1.54) is 0 Å². The van der Waals surface area contributed by atoms with Gasteiger partial charge in [0.1, 0.15) is 0 Å². The fraction of sp³-hybridized carbons (Fsp3) is 0.286.